The van der Waals surface area contributed by atoms with Gasteiger partial charge in [-0.3, -0.25) is 9.78 Å². The lowest BCUT2D eigenvalue weighted by atomic mass is 9.96. The number of pyridine rings is 2. The first-order chi connectivity index (χ1) is 16.7. The molecule has 5 rings (SSSR count). The molecular formula is C29H25N4O+. The molecule has 0 spiro atoms. The molecule has 0 aliphatic rings. The van der Waals surface area contributed by atoms with E-state index in [0.717, 1.165) is 45.5 Å². The molecular weight excluding hydrogens is 420 g/mol. The van der Waals surface area contributed by atoms with E-state index in [2.05, 4.69) is 58.5 Å². The molecule has 0 aliphatic heterocycles. The maximum atomic E-state index is 12.6. The fraction of sp³-hybridized carbons (Fsp3) is 0.0690. The molecule has 3 aromatic carbocycles. The summed E-state index contributed by atoms with van der Waals surface area (Å²) in [4.78, 5) is 22.2. The van der Waals surface area contributed by atoms with E-state index in [0.29, 0.717) is 12.1 Å². The summed E-state index contributed by atoms with van der Waals surface area (Å²) in [5.74, 6) is -0.127. The monoisotopic (exact) mass is 445 g/mol. The highest BCUT2D eigenvalue weighted by Crippen LogP contribution is 2.34. The van der Waals surface area contributed by atoms with Crippen molar-refractivity contribution in [2.45, 2.75) is 13.1 Å². The van der Waals surface area contributed by atoms with Gasteiger partial charge in [-0.2, -0.15) is 0 Å². The van der Waals surface area contributed by atoms with Gasteiger partial charge < -0.3 is 11.1 Å². The Kier molecular flexibility index (Phi) is 6.10. The van der Waals surface area contributed by atoms with Crippen LogP contribution < -0.4 is 11.1 Å². The molecule has 0 atom stereocenters. The number of carbonyl (C=O) groups is 1. The molecule has 5 aromatic rings. The fourth-order valence-electron chi connectivity index (χ4n) is 4.04. The second-order valence-corrected chi connectivity index (χ2v) is 8.07. The van der Waals surface area contributed by atoms with Crippen molar-refractivity contribution in [2.24, 2.45) is 0 Å². The molecule has 2 aromatic heterocycles. The number of benzene rings is 3. The number of aromatic nitrogens is 2. The van der Waals surface area contributed by atoms with Gasteiger partial charge in [0, 0.05) is 33.8 Å². The maximum Gasteiger partial charge on any atom is 0.251 e. The lowest BCUT2D eigenvalue weighted by Gasteiger charge is -2.14. The summed E-state index contributed by atoms with van der Waals surface area (Å²) < 4.78 is 0. The zero-order chi connectivity index (χ0) is 23.3. The van der Waals surface area contributed by atoms with E-state index in [-0.39, 0.29) is 5.91 Å². The van der Waals surface area contributed by atoms with Gasteiger partial charge in [0.25, 0.3) is 5.91 Å². The zero-order valence-corrected chi connectivity index (χ0v) is 18.7. The first-order valence-corrected chi connectivity index (χ1v) is 11.3. The SMILES string of the molecule is [NH3+]Cc1ccc(-c2nc3ccnc(CNC(=O)c4ccccc4)c3cc2-c2ccccc2)cc1. The summed E-state index contributed by atoms with van der Waals surface area (Å²) in [6.07, 6.45) is 1.75. The van der Waals surface area contributed by atoms with Crippen molar-refractivity contribution in [3.8, 4) is 22.4 Å². The van der Waals surface area contributed by atoms with Gasteiger partial charge in [-0.1, -0.05) is 72.8 Å². The van der Waals surface area contributed by atoms with Gasteiger partial charge in [0.05, 0.1) is 30.0 Å². The van der Waals surface area contributed by atoms with E-state index in [1.807, 2.05) is 42.5 Å². The summed E-state index contributed by atoms with van der Waals surface area (Å²) in [5.41, 5.74) is 11.5. The Morgan fingerprint density at radius 1 is 0.824 bits per heavy atom. The van der Waals surface area contributed by atoms with Crippen LogP contribution in [0.1, 0.15) is 21.6 Å². The molecule has 1 amide bonds. The van der Waals surface area contributed by atoms with Crippen LogP contribution in [-0.4, -0.2) is 15.9 Å². The lowest BCUT2D eigenvalue weighted by molar-refractivity contribution is -0.386. The topological polar surface area (TPSA) is 82.5 Å². The third kappa shape index (κ3) is 4.42. The van der Waals surface area contributed by atoms with Crippen molar-refractivity contribution in [1.82, 2.24) is 15.3 Å². The van der Waals surface area contributed by atoms with E-state index < -0.39 is 0 Å². The molecule has 2 heterocycles. The molecule has 166 valence electrons. The first-order valence-electron chi connectivity index (χ1n) is 11.3. The third-order valence-corrected chi connectivity index (χ3v) is 5.88. The van der Waals surface area contributed by atoms with Gasteiger partial charge in [-0.25, -0.2) is 4.98 Å². The Bertz CT molecular complexity index is 1430. The standard InChI is InChI=1S/C29H24N4O/c30-18-20-11-13-22(14-12-20)28-24(21-7-3-1-4-8-21)17-25-26(33-28)15-16-31-27(25)19-32-29(34)23-9-5-2-6-10-23/h1-17H,18-19,30H2,(H,32,34)/p+1. The molecule has 0 saturated heterocycles. The minimum Gasteiger partial charge on any atom is -0.354 e. The summed E-state index contributed by atoms with van der Waals surface area (Å²) >= 11 is 0. The number of nitrogens with zero attached hydrogens (tertiary/aromatic N) is 2. The summed E-state index contributed by atoms with van der Waals surface area (Å²) in [6, 6.07) is 31.9. The highest BCUT2D eigenvalue weighted by molar-refractivity contribution is 5.95. The predicted molar refractivity (Wildman–Crippen MR) is 135 cm³/mol. The van der Waals surface area contributed by atoms with Crippen LogP contribution in [0, 0.1) is 0 Å². The smallest absolute Gasteiger partial charge is 0.251 e. The fourth-order valence-corrected chi connectivity index (χ4v) is 4.04. The lowest BCUT2D eigenvalue weighted by Crippen LogP contribution is -2.47. The van der Waals surface area contributed by atoms with Gasteiger partial charge in [0.1, 0.15) is 0 Å². The molecule has 5 nitrogen and oxygen atoms in total. The Balaban J connectivity index is 1.58. The van der Waals surface area contributed by atoms with E-state index in [9.17, 15) is 4.79 Å². The van der Waals surface area contributed by atoms with Crippen LogP contribution in [0.3, 0.4) is 0 Å². The quantitative estimate of drug-likeness (QED) is 0.400. The van der Waals surface area contributed by atoms with Crippen LogP contribution in [-0.2, 0) is 13.1 Å². The van der Waals surface area contributed by atoms with Crippen molar-refractivity contribution in [1.29, 1.82) is 0 Å². The summed E-state index contributed by atoms with van der Waals surface area (Å²) in [6.45, 7) is 1.07. The van der Waals surface area contributed by atoms with Crippen LogP contribution in [0.25, 0.3) is 33.3 Å². The van der Waals surface area contributed by atoms with Gasteiger partial charge in [-0.15, -0.1) is 0 Å². The molecule has 0 saturated carbocycles. The normalized spacial score (nSPS) is 10.9. The molecule has 0 aliphatic carbocycles. The second kappa shape index (κ2) is 9.65. The van der Waals surface area contributed by atoms with Crippen molar-refractivity contribution in [3.05, 3.63) is 120 Å². The highest BCUT2D eigenvalue weighted by Gasteiger charge is 2.15. The summed E-state index contributed by atoms with van der Waals surface area (Å²) in [7, 11) is 0. The van der Waals surface area contributed by atoms with E-state index >= 15 is 0 Å². The number of quaternary nitrogens is 1. The average molecular weight is 446 g/mol. The Morgan fingerprint density at radius 2 is 1.53 bits per heavy atom. The number of fused-ring (bicyclic) bond motifs is 1. The summed E-state index contributed by atoms with van der Waals surface area (Å²) in [5, 5.41) is 3.91. The van der Waals surface area contributed by atoms with Crippen LogP contribution in [0.15, 0.2) is 103 Å². The molecule has 34 heavy (non-hydrogen) atoms. The minimum atomic E-state index is -0.127. The maximum absolute atomic E-state index is 12.6. The largest absolute Gasteiger partial charge is 0.354 e. The second-order valence-electron chi connectivity index (χ2n) is 8.07. The number of nitrogens with one attached hydrogen (secondary N) is 1. The molecule has 0 unspecified atom stereocenters. The number of rotatable bonds is 6. The first kappa shape index (κ1) is 21.5. The highest BCUT2D eigenvalue weighted by atomic mass is 16.1. The van der Waals surface area contributed by atoms with Gasteiger partial charge in [-0.05, 0) is 29.8 Å². The third-order valence-electron chi connectivity index (χ3n) is 5.88. The van der Waals surface area contributed by atoms with E-state index in [1.165, 1.54) is 5.56 Å². The van der Waals surface area contributed by atoms with Crippen molar-refractivity contribution < 1.29 is 10.5 Å². The van der Waals surface area contributed by atoms with Gasteiger partial charge >= 0.3 is 0 Å². The van der Waals surface area contributed by atoms with Gasteiger partial charge in [0.15, 0.2) is 0 Å². The average Bonchev–Trinajstić information content (AvgIpc) is 2.92. The Hall–Kier alpha value is -4.35. The number of carbonyl (C=O) groups excluding carboxylic acids is 1. The Morgan fingerprint density at radius 3 is 2.24 bits per heavy atom. The predicted octanol–water partition coefficient (Wildman–Crippen LogP) is 4.64. The van der Waals surface area contributed by atoms with Crippen LogP contribution >= 0.6 is 0 Å². The number of hydrogen-bond donors (Lipinski definition) is 2. The molecule has 0 fully saturated rings. The van der Waals surface area contributed by atoms with Gasteiger partial charge in [0.2, 0.25) is 0 Å². The molecule has 4 N–H and O–H groups in total. The van der Waals surface area contributed by atoms with Crippen molar-refractivity contribution in [3.63, 3.8) is 0 Å². The van der Waals surface area contributed by atoms with Crippen molar-refractivity contribution >= 4 is 16.8 Å². The van der Waals surface area contributed by atoms with E-state index in [4.69, 9.17) is 4.98 Å². The van der Waals surface area contributed by atoms with Crippen LogP contribution in [0.5, 0.6) is 0 Å². The molecule has 5 heteroatoms. The van der Waals surface area contributed by atoms with Crippen LogP contribution in [0.4, 0.5) is 0 Å². The zero-order valence-electron chi connectivity index (χ0n) is 18.7. The minimum absolute atomic E-state index is 0.127. The van der Waals surface area contributed by atoms with Crippen LogP contribution in [0.2, 0.25) is 0 Å². The van der Waals surface area contributed by atoms with Crippen molar-refractivity contribution in [2.75, 3.05) is 0 Å². The van der Waals surface area contributed by atoms with E-state index in [1.54, 1.807) is 18.3 Å². The number of amides is 1. The number of hydrogen-bond acceptors (Lipinski definition) is 3. The molecule has 0 radical (unpaired) electrons. The Labute approximate surface area is 198 Å². The molecule has 0 bridgehead atoms.